The molecule has 2 N–H and O–H groups in total. The van der Waals surface area contributed by atoms with Gasteiger partial charge in [-0.3, -0.25) is 13.9 Å². The van der Waals surface area contributed by atoms with Crippen LogP contribution in [0.1, 0.15) is 10.4 Å². The molecule has 0 atom stereocenters. The molecule has 10 heteroatoms. The van der Waals surface area contributed by atoms with E-state index in [9.17, 15) is 18.0 Å². The molecule has 0 aliphatic rings. The van der Waals surface area contributed by atoms with E-state index in [1.165, 1.54) is 19.2 Å². The average molecular weight is 546 g/mol. The lowest BCUT2D eigenvalue weighted by Gasteiger charge is -2.24. The summed E-state index contributed by atoms with van der Waals surface area (Å²) < 4.78 is 33.4. The summed E-state index contributed by atoms with van der Waals surface area (Å²) in [6, 6.07) is 21.1. The van der Waals surface area contributed by atoms with Crippen LogP contribution in [0.3, 0.4) is 0 Å². The predicted octanol–water partition coefficient (Wildman–Crippen LogP) is 3.66. The number of carbonyl (C=O) groups excluding carboxylic acids is 2. The highest BCUT2D eigenvalue weighted by molar-refractivity contribution is 9.10. The minimum absolute atomic E-state index is 0.0562. The second kappa shape index (κ2) is 11.8. The highest BCUT2D eigenvalue weighted by atomic mass is 79.9. The maximum absolute atomic E-state index is 13.4. The van der Waals surface area contributed by atoms with Gasteiger partial charge in [0.25, 0.3) is 15.9 Å². The number of ether oxygens (including phenoxy) is 1. The Labute approximate surface area is 207 Å². The molecular weight excluding hydrogens is 522 g/mol. The Balaban J connectivity index is 1.87. The second-order valence-corrected chi connectivity index (χ2v) is 9.93. The molecule has 34 heavy (non-hydrogen) atoms. The zero-order valence-corrected chi connectivity index (χ0v) is 20.8. The Morgan fingerprint density at radius 2 is 1.68 bits per heavy atom. The molecule has 0 saturated carbocycles. The van der Waals surface area contributed by atoms with Crippen LogP contribution >= 0.6 is 15.9 Å². The van der Waals surface area contributed by atoms with E-state index >= 15 is 0 Å². The van der Waals surface area contributed by atoms with E-state index in [1.54, 1.807) is 66.7 Å². The molecule has 0 unspecified atom stereocenters. The van der Waals surface area contributed by atoms with Crippen LogP contribution < -0.4 is 14.9 Å². The fourth-order valence-electron chi connectivity index (χ4n) is 3.14. The Hall–Kier alpha value is -3.21. The Bertz CT molecular complexity index is 1250. The zero-order valence-electron chi connectivity index (χ0n) is 18.4. The third-order valence-corrected chi connectivity index (χ3v) is 7.03. The molecule has 2 amide bonds. The molecule has 0 aliphatic carbocycles. The molecule has 3 rings (SSSR count). The van der Waals surface area contributed by atoms with Gasteiger partial charge in [0.1, 0.15) is 6.54 Å². The molecule has 8 nitrogen and oxygen atoms in total. The SMILES string of the molecule is COCCNC(=O)c1ccccc1NC(=O)CN(c1cccc(Br)c1)S(=O)(=O)c1ccccc1. The van der Waals surface area contributed by atoms with Gasteiger partial charge in [0, 0.05) is 18.1 Å². The van der Waals surface area contributed by atoms with E-state index in [1.807, 2.05) is 0 Å². The van der Waals surface area contributed by atoms with E-state index < -0.39 is 22.5 Å². The maximum atomic E-state index is 13.4. The minimum Gasteiger partial charge on any atom is -0.383 e. The second-order valence-electron chi connectivity index (χ2n) is 7.15. The van der Waals surface area contributed by atoms with Gasteiger partial charge in [0.2, 0.25) is 5.91 Å². The normalized spacial score (nSPS) is 11.0. The van der Waals surface area contributed by atoms with Crippen molar-refractivity contribution in [1.29, 1.82) is 0 Å². The topological polar surface area (TPSA) is 105 Å². The molecule has 0 aliphatic heterocycles. The molecule has 0 radical (unpaired) electrons. The summed E-state index contributed by atoms with van der Waals surface area (Å²) in [6.45, 7) is 0.163. The number of sulfonamides is 1. The Morgan fingerprint density at radius 1 is 0.971 bits per heavy atom. The zero-order chi connectivity index (χ0) is 24.6. The Morgan fingerprint density at radius 3 is 2.38 bits per heavy atom. The monoisotopic (exact) mass is 545 g/mol. The highest BCUT2D eigenvalue weighted by Gasteiger charge is 2.27. The summed E-state index contributed by atoms with van der Waals surface area (Å²) in [5, 5.41) is 5.38. The highest BCUT2D eigenvalue weighted by Crippen LogP contribution is 2.26. The molecule has 0 aromatic heterocycles. The number of amides is 2. The van der Waals surface area contributed by atoms with Crippen LogP contribution in [-0.4, -0.2) is 47.0 Å². The number of nitrogens with one attached hydrogen (secondary N) is 2. The number of hydrogen-bond acceptors (Lipinski definition) is 5. The van der Waals surface area contributed by atoms with Crippen molar-refractivity contribution in [1.82, 2.24) is 5.32 Å². The summed E-state index contributed by atoms with van der Waals surface area (Å²) in [5.41, 5.74) is 0.847. The van der Waals surface area contributed by atoms with Crippen LogP contribution in [0.2, 0.25) is 0 Å². The van der Waals surface area contributed by atoms with Gasteiger partial charge in [-0.25, -0.2) is 8.42 Å². The number of benzene rings is 3. The summed E-state index contributed by atoms with van der Waals surface area (Å²) >= 11 is 3.35. The van der Waals surface area contributed by atoms with E-state index in [-0.39, 0.29) is 22.1 Å². The predicted molar refractivity (Wildman–Crippen MR) is 134 cm³/mol. The summed E-state index contributed by atoms with van der Waals surface area (Å²) in [5.74, 6) is -0.981. The van der Waals surface area contributed by atoms with Gasteiger partial charge >= 0.3 is 0 Å². The molecule has 178 valence electrons. The van der Waals surface area contributed by atoms with E-state index in [4.69, 9.17) is 4.74 Å². The van der Waals surface area contributed by atoms with Crippen LogP contribution in [0.5, 0.6) is 0 Å². The average Bonchev–Trinajstić information content (AvgIpc) is 2.83. The standard InChI is InChI=1S/C24H24BrN3O5S/c1-33-15-14-26-24(30)21-12-5-6-13-22(21)27-23(29)17-28(19-9-7-8-18(25)16-19)34(31,32)20-10-3-2-4-11-20/h2-13,16H,14-15,17H2,1H3,(H,26,30)(H,27,29). The number of nitrogens with zero attached hydrogens (tertiary/aromatic N) is 1. The number of carbonyl (C=O) groups is 2. The van der Waals surface area contributed by atoms with Crippen molar-refractivity contribution in [3.63, 3.8) is 0 Å². The summed E-state index contributed by atoms with van der Waals surface area (Å²) in [6.07, 6.45) is 0. The lowest BCUT2D eigenvalue weighted by molar-refractivity contribution is -0.114. The Kier molecular flexibility index (Phi) is 8.80. The molecule has 0 bridgehead atoms. The first-order valence-electron chi connectivity index (χ1n) is 10.3. The molecule has 0 fully saturated rings. The number of anilines is 2. The first-order valence-corrected chi connectivity index (χ1v) is 12.6. The fourth-order valence-corrected chi connectivity index (χ4v) is 4.96. The third-order valence-electron chi connectivity index (χ3n) is 4.75. The van der Waals surface area contributed by atoms with Crippen LogP contribution in [0.4, 0.5) is 11.4 Å². The lowest BCUT2D eigenvalue weighted by atomic mass is 10.1. The van der Waals surface area contributed by atoms with E-state index in [0.717, 1.165) is 4.31 Å². The number of para-hydroxylation sites is 1. The van der Waals surface area contributed by atoms with Gasteiger partial charge in [-0.1, -0.05) is 52.3 Å². The number of halogens is 1. The van der Waals surface area contributed by atoms with Gasteiger partial charge in [-0.15, -0.1) is 0 Å². The first-order chi connectivity index (χ1) is 16.3. The first kappa shape index (κ1) is 25.4. The van der Waals surface area contributed by atoms with Crippen molar-refractivity contribution < 1.29 is 22.7 Å². The van der Waals surface area contributed by atoms with Crippen molar-refractivity contribution in [2.24, 2.45) is 0 Å². The maximum Gasteiger partial charge on any atom is 0.264 e. The quantitative estimate of drug-likeness (QED) is 0.378. The van der Waals surface area contributed by atoms with Crippen molar-refractivity contribution in [2.75, 3.05) is 36.4 Å². The molecule has 3 aromatic rings. The fraction of sp³-hybridized carbons (Fsp3) is 0.167. The van der Waals surface area contributed by atoms with Crippen molar-refractivity contribution in [3.05, 3.63) is 88.9 Å². The smallest absolute Gasteiger partial charge is 0.264 e. The van der Waals surface area contributed by atoms with Gasteiger partial charge in [-0.2, -0.15) is 0 Å². The molecular formula is C24H24BrN3O5S. The van der Waals surface area contributed by atoms with Crippen molar-refractivity contribution in [2.45, 2.75) is 4.90 Å². The van der Waals surface area contributed by atoms with Crippen molar-refractivity contribution >= 4 is 49.1 Å². The number of hydrogen-bond donors (Lipinski definition) is 2. The molecule has 0 saturated heterocycles. The van der Waals surface area contributed by atoms with Crippen LogP contribution in [-0.2, 0) is 19.6 Å². The van der Waals surface area contributed by atoms with Crippen LogP contribution in [0.15, 0.2) is 88.2 Å². The summed E-state index contributed by atoms with van der Waals surface area (Å²) in [4.78, 5) is 25.6. The number of methoxy groups -OCH3 is 1. The third kappa shape index (κ3) is 6.43. The van der Waals surface area contributed by atoms with Crippen molar-refractivity contribution in [3.8, 4) is 0 Å². The largest absolute Gasteiger partial charge is 0.383 e. The minimum atomic E-state index is -4.04. The van der Waals surface area contributed by atoms with Crippen LogP contribution in [0.25, 0.3) is 0 Å². The summed E-state index contributed by atoms with van der Waals surface area (Å²) in [7, 11) is -2.51. The van der Waals surface area contributed by atoms with E-state index in [2.05, 4.69) is 26.6 Å². The van der Waals surface area contributed by atoms with E-state index in [0.29, 0.717) is 23.3 Å². The van der Waals surface area contributed by atoms with Gasteiger partial charge in [0.15, 0.2) is 0 Å². The number of rotatable bonds is 10. The molecule has 0 heterocycles. The molecule has 3 aromatic carbocycles. The van der Waals surface area contributed by atoms with Gasteiger partial charge in [-0.05, 0) is 42.5 Å². The van der Waals surface area contributed by atoms with Crippen LogP contribution in [0, 0.1) is 0 Å². The van der Waals surface area contributed by atoms with Gasteiger partial charge in [0.05, 0.1) is 28.4 Å². The lowest BCUT2D eigenvalue weighted by Crippen LogP contribution is -2.38. The van der Waals surface area contributed by atoms with Gasteiger partial charge < -0.3 is 15.4 Å². The molecule has 0 spiro atoms.